The summed E-state index contributed by atoms with van der Waals surface area (Å²) in [6, 6.07) is 3.64. The molecule has 98 valence electrons. The number of hydrogen-bond acceptors (Lipinski definition) is 3. The Kier molecular flexibility index (Phi) is 4.11. The lowest BCUT2D eigenvalue weighted by molar-refractivity contribution is 0.0636. The number of carbonyl (C=O) groups is 2. The zero-order valence-corrected chi connectivity index (χ0v) is 11.5. The topological polar surface area (TPSA) is 55.4 Å². The van der Waals surface area contributed by atoms with Gasteiger partial charge in [-0.3, -0.25) is 10.1 Å². The second-order valence-corrected chi connectivity index (χ2v) is 5.29. The first-order chi connectivity index (χ1) is 8.23. The summed E-state index contributed by atoms with van der Waals surface area (Å²) >= 11 is 0. The van der Waals surface area contributed by atoms with Crippen LogP contribution in [0.1, 0.15) is 42.3 Å². The SMILES string of the molecule is Cc1cc(C)c(C=O)c(NC(=O)OC(C)(C)C)c1. The molecule has 0 aliphatic heterocycles. The Balaban J connectivity index is 2.97. The van der Waals surface area contributed by atoms with Crippen molar-refractivity contribution < 1.29 is 14.3 Å². The van der Waals surface area contributed by atoms with Gasteiger partial charge in [0.1, 0.15) is 5.60 Å². The van der Waals surface area contributed by atoms with Crippen LogP contribution in [0.5, 0.6) is 0 Å². The fraction of sp³-hybridized carbons (Fsp3) is 0.429. The highest BCUT2D eigenvalue weighted by Crippen LogP contribution is 2.21. The van der Waals surface area contributed by atoms with Crippen molar-refractivity contribution >= 4 is 18.1 Å². The van der Waals surface area contributed by atoms with Gasteiger partial charge in [-0.1, -0.05) is 6.07 Å². The van der Waals surface area contributed by atoms with Gasteiger partial charge in [-0.25, -0.2) is 4.79 Å². The maximum atomic E-state index is 11.7. The Morgan fingerprint density at radius 3 is 2.39 bits per heavy atom. The molecular weight excluding hydrogens is 230 g/mol. The van der Waals surface area contributed by atoms with Gasteiger partial charge in [-0.2, -0.15) is 0 Å². The van der Waals surface area contributed by atoms with Crippen LogP contribution in [0, 0.1) is 13.8 Å². The summed E-state index contributed by atoms with van der Waals surface area (Å²) in [6.45, 7) is 9.09. The van der Waals surface area contributed by atoms with Crippen LogP contribution >= 0.6 is 0 Å². The lowest BCUT2D eigenvalue weighted by Gasteiger charge is -2.20. The highest BCUT2D eigenvalue weighted by Gasteiger charge is 2.17. The summed E-state index contributed by atoms with van der Waals surface area (Å²) in [4.78, 5) is 22.7. The quantitative estimate of drug-likeness (QED) is 0.816. The fourth-order valence-corrected chi connectivity index (χ4v) is 1.65. The van der Waals surface area contributed by atoms with Gasteiger partial charge in [0.05, 0.1) is 5.69 Å². The van der Waals surface area contributed by atoms with E-state index in [1.54, 1.807) is 26.8 Å². The highest BCUT2D eigenvalue weighted by atomic mass is 16.6. The fourth-order valence-electron chi connectivity index (χ4n) is 1.65. The standard InChI is InChI=1S/C14H19NO3/c1-9-6-10(2)11(8-16)12(7-9)15-13(17)18-14(3,4)5/h6-8H,1-5H3,(H,15,17). The summed E-state index contributed by atoms with van der Waals surface area (Å²) in [6.07, 6.45) is 0.178. The van der Waals surface area contributed by atoms with Gasteiger partial charge < -0.3 is 4.74 Å². The molecule has 18 heavy (non-hydrogen) atoms. The average Bonchev–Trinajstić information content (AvgIpc) is 2.13. The van der Waals surface area contributed by atoms with Crippen molar-refractivity contribution in [1.29, 1.82) is 0 Å². The molecule has 0 aromatic heterocycles. The molecule has 1 aromatic rings. The van der Waals surface area contributed by atoms with E-state index in [1.807, 2.05) is 19.9 Å². The number of aldehydes is 1. The van der Waals surface area contributed by atoms with Crippen molar-refractivity contribution in [1.82, 2.24) is 0 Å². The molecule has 1 amide bonds. The maximum absolute atomic E-state index is 11.7. The van der Waals surface area contributed by atoms with Crippen LogP contribution in [0.15, 0.2) is 12.1 Å². The maximum Gasteiger partial charge on any atom is 0.412 e. The minimum atomic E-state index is -0.565. The van der Waals surface area contributed by atoms with Gasteiger partial charge in [0.25, 0.3) is 0 Å². The van der Waals surface area contributed by atoms with Crippen molar-refractivity contribution in [3.05, 3.63) is 28.8 Å². The average molecular weight is 249 g/mol. The lowest BCUT2D eigenvalue weighted by Crippen LogP contribution is -2.27. The predicted molar refractivity (Wildman–Crippen MR) is 71.2 cm³/mol. The van der Waals surface area contributed by atoms with Crippen molar-refractivity contribution in [2.24, 2.45) is 0 Å². The van der Waals surface area contributed by atoms with Crippen LogP contribution < -0.4 is 5.32 Å². The Bertz CT molecular complexity index is 473. The van der Waals surface area contributed by atoms with Crippen LogP contribution in [0.2, 0.25) is 0 Å². The molecule has 0 aliphatic rings. The molecule has 0 saturated heterocycles. The van der Waals surface area contributed by atoms with Crippen LogP contribution in [0.4, 0.5) is 10.5 Å². The third kappa shape index (κ3) is 3.87. The van der Waals surface area contributed by atoms with E-state index < -0.39 is 11.7 Å². The molecule has 0 atom stereocenters. The molecule has 0 unspecified atom stereocenters. The summed E-state index contributed by atoms with van der Waals surface area (Å²) in [5, 5.41) is 2.61. The lowest BCUT2D eigenvalue weighted by atomic mass is 10.0. The van der Waals surface area contributed by atoms with Crippen molar-refractivity contribution in [3.63, 3.8) is 0 Å². The van der Waals surface area contributed by atoms with Gasteiger partial charge in [0, 0.05) is 5.56 Å². The summed E-state index contributed by atoms with van der Waals surface area (Å²) in [5.74, 6) is 0. The Labute approximate surface area is 107 Å². The van der Waals surface area contributed by atoms with E-state index in [2.05, 4.69) is 5.32 Å². The summed E-state index contributed by atoms with van der Waals surface area (Å²) in [7, 11) is 0. The predicted octanol–water partition coefficient (Wildman–Crippen LogP) is 3.46. The zero-order chi connectivity index (χ0) is 13.9. The second kappa shape index (κ2) is 5.21. The minimum Gasteiger partial charge on any atom is -0.444 e. The number of aryl methyl sites for hydroxylation is 2. The van der Waals surface area contributed by atoms with E-state index in [1.165, 1.54) is 0 Å². The smallest absolute Gasteiger partial charge is 0.412 e. The molecule has 0 radical (unpaired) electrons. The molecule has 0 saturated carbocycles. The van der Waals surface area contributed by atoms with Gasteiger partial charge in [-0.15, -0.1) is 0 Å². The summed E-state index contributed by atoms with van der Waals surface area (Å²) in [5.41, 5.74) is 2.20. The van der Waals surface area contributed by atoms with Crippen LogP contribution in [0.25, 0.3) is 0 Å². The number of hydrogen-bond donors (Lipinski definition) is 1. The second-order valence-electron chi connectivity index (χ2n) is 5.29. The monoisotopic (exact) mass is 249 g/mol. The van der Waals surface area contributed by atoms with Gasteiger partial charge >= 0.3 is 6.09 Å². The van der Waals surface area contributed by atoms with Crippen molar-refractivity contribution in [2.45, 2.75) is 40.2 Å². The van der Waals surface area contributed by atoms with E-state index in [0.717, 1.165) is 17.4 Å². The number of carbonyl (C=O) groups excluding carboxylic acids is 2. The van der Waals surface area contributed by atoms with E-state index in [0.29, 0.717) is 11.3 Å². The Hall–Kier alpha value is -1.84. The molecule has 1 rings (SSSR count). The molecule has 0 fully saturated rings. The van der Waals surface area contributed by atoms with E-state index in [-0.39, 0.29) is 0 Å². The Morgan fingerprint density at radius 2 is 1.89 bits per heavy atom. The molecule has 0 aliphatic carbocycles. The van der Waals surface area contributed by atoms with Crippen LogP contribution in [-0.2, 0) is 4.74 Å². The number of benzene rings is 1. The highest BCUT2D eigenvalue weighted by molar-refractivity contribution is 5.94. The molecule has 4 heteroatoms. The molecule has 4 nitrogen and oxygen atoms in total. The molecule has 0 bridgehead atoms. The largest absolute Gasteiger partial charge is 0.444 e. The normalized spacial score (nSPS) is 10.9. The number of ether oxygens (including phenoxy) is 1. The first-order valence-electron chi connectivity index (χ1n) is 5.79. The molecule has 1 aromatic carbocycles. The number of nitrogens with one attached hydrogen (secondary N) is 1. The number of amides is 1. The van der Waals surface area contributed by atoms with Crippen molar-refractivity contribution in [3.8, 4) is 0 Å². The molecule has 0 heterocycles. The molecule has 0 spiro atoms. The number of rotatable bonds is 2. The molecular formula is C14H19NO3. The Morgan fingerprint density at radius 1 is 1.28 bits per heavy atom. The van der Waals surface area contributed by atoms with E-state index in [4.69, 9.17) is 4.74 Å². The third-order valence-electron chi connectivity index (χ3n) is 2.28. The van der Waals surface area contributed by atoms with E-state index in [9.17, 15) is 9.59 Å². The van der Waals surface area contributed by atoms with E-state index >= 15 is 0 Å². The van der Waals surface area contributed by atoms with Crippen molar-refractivity contribution in [2.75, 3.05) is 5.32 Å². The van der Waals surface area contributed by atoms with Gasteiger partial charge in [-0.05, 0) is 51.8 Å². The first-order valence-corrected chi connectivity index (χ1v) is 5.79. The number of anilines is 1. The zero-order valence-electron chi connectivity index (χ0n) is 11.5. The minimum absolute atomic E-state index is 0.478. The molecule has 1 N–H and O–H groups in total. The van der Waals surface area contributed by atoms with Gasteiger partial charge in [0.2, 0.25) is 0 Å². The van der Waals surface area contributed by atoms with Gasteiger partial charge in [0.15, 0.2) is 6.29 Å². The summed E-state index contributed by atoms with van der Waals surface area (Å²) < 4.78 is 5.15. The third-order valence-corrected chi connectivity index (χ3v) is 2.28. The van der Waals surface area contributed by atoms with Crippen LogP contribution in [-0.4, -0.2) is 18.0 Å². The first kappa shape index (κ1) is 14.2. The van der Waals surface area contributed by atoms with Crippen LogP contribution in [0.3, 0.4) is 0 Å².